The number of carbonyl (C=O) groups excluding carboxylic acids is 1. The van der Waals surface area contributed by atoms with Crippen LogP contribution in [0.25, 0.3) is 0 Å². The second-order valence-electron chi connectivity index (χ2n) is 4.30. The Morgan fingerprint density at radius 1 is 1.19 bits per heavy atom. The minimum Gasteiger partial charge on any atom is -0.481 e. The maximum Gasteiger partial charge on any atom is 0.265 e. The smallest absolute Gasteiger partial charge is 0.265 e. The second-order valence-corrected chi connectivity index (χ2v) is 4.74. The molecule has 21 heavy (non-hydrogen) atoms. The van der Waals surface area contributed by atoms with Crippen LogP contribution in [0.2, 0.25) is 5.02 Å². The Labute approximate surface area is 125 Å². The Morgan fingerprint density at radius 3 is 2.43 bits per heavy atom. The fraction of sp³-hybridized carbons (Fsp3) is 0.133. The lowest BCUT2D eigenvalue weighted by Gasteiger charge is -2.15. The van der Waals surface area contributed by atoms with Gasteiger partial charge in [-0.1, -0.05) is 23.7 Å². The monoisotopic (exact) mass is 311 g/mol. The number of carbonyl (C=O) groups is 1. The van der Waals surface area contributed by atoms with E-state index in [1.54, 1.807) is 18.2 Å². The fourth-order valence-corrected chi connectivity index (χ4v) is 1.82. The molecule has 2 aromatic rings. The highest BCUT2D eigenvalue weighted by Crippen LogP contribution is 2.20. The van der Waals surface area contributed by atoms with Gasteiger partial charge in [0.25, 0.3) is 5.91 Å². The summed E-state index contributed by atoms with van der Waals surface area (Å²) in [5.74, 6) is -1.98. The number of rotatable bonds is 4. The van der Waals surface area contributed by atoms with Gasteiger partial charge in [0.05, 0.1) is 0 Å². The van der Waals surface area contributed by atoms with Gasteiger partial charge in [-0.25, -0.2) is 8.78 Å². The molecule has 110 valence electrons. The van der Waals surface area contributed by atoms with E-state index in [1.165, 1.54) is 19.1 Å². The van der Waals surface area contributed by atoms with Crippen molar-refractivity contribution in [2.24, 2.45) is 0 Å². The minimum absolute atomic E-state index is 0.388. The number of ether oxygens (including phenoxy) is 1. The lowest BCUT2D eigenvalue weighted by molar-refractivity contribution is -0.122. The van der Waals surface area contributed by atoms with Gasteiger partial charge < -0.3 is 10.1 Å². The molecule has 0 fully saturated rings. The van der Waals surface area contributed by atoms with Gasteiger partial charge in [-0.15, -0.1) is 0 Å². The van der Waals surface area contributed by atoms with Crippen molar-refractivity contribution in [3.8, 4) is 5.75 Å². The summed E-state index contributed by atoms with van der Waals surface area (Å²) < 4.78 is 32.2. The van der Waals surface area contributed by atoms with Crippen LogP contribution >= 0.6 is 11.6 Å². The predicted molar refractivity (Wildman–Crippen MR) is 76.5 cm³/mol. The highest BCUT2D eigenvalue weighted by atomic mass is 35.5. The van der Waals surface area contributed by atoms with Crippen molar-refractivity contribution in [3.63, 3.8) is 0 Å². The zero-order valence-electron chi connectivity index (χ0n) is 11.1. The van der Waals surface area contributed by atoms with E-state index >= 15 is 0 Å². The average Bonchev–Trinajstić information content (AvgIpc) is 2.43. The lowest BCUT2D eigenvalue weighted by atomic mass is 10.2. The first-order chi connectivity index (χ1) is 9.97. The molecule has 0 saturated carbocycles. The molecule has 3 nitrogen and oxygen atoms in total. The van der Waals surface area contributed by atoms with Crippen LogP contribution in [0.4, 0.5) is 14.5 Å². The summed E-state index contributed by atoms with van der Waals surface area (Å²) in [7, 11) is 0. The molecular formula is C15H12ClF2NO2. The summed E-state index contributed by atoms with van der Waals surface area (Å²) in [6.07, 6.45) is -0.942. The Balaban J connectivity index is 2.06. The molecule has 1 atom stereocenters. The molecule has 0 aromatic heterocycles. The van der Waals surface area contributed by atoms with E-state index in [0.717, 1.165) is 12.1 Å². The van der Waals surface area contributed by atoms with Crippen molar-refractivity contribution in [1.82, 2.24) is 0 Å². The van der Waals surface area contributed by atoms with Crippen LogP contribution in [0.3, 0.4) is 0 Å². The van der Waals surface area contributed by atoms with Crippen molar-refractivity contribution in [3.05, 3.63) is 59.1 Å². The summed E-state index contributed by atoms with van der Waals surface area (Å²) in [6, 6.07) is 9.82. The van der Waals surface area contributed by atoms with E-state index in [4.69, 9.17) is 16.3 Å². The number of hydrogen-bond acceptors (Lipinski definition) is 2. The van der Waals surface area contributed by atoms with Crippen LogP contribution in [0.5, 0.6) is 5.75 Å². The van der Waals surface area contributed by atoms with Gasteiger partial charge in [-0.3, -0.25) is 4.79 Å². The lowest BCUT2D eigenvalue weighted by Crippen LogP contribution is -2.30. The minimum atomic E-state index is -0.942. The topological polar surface area (TPSA) is 38.3 Å². The van der Waals surface area contributed by atoms with Gasteiger partial charge in [-0.05, 0) is 37.3 Å². The quantitative estimate of drug-likeness (QED) is 0.926. The number of para-hydroxylation sites is 1. The zero-order valence-corrected chi connectivity index (χ0v) is 11.8. The fourth-order valence-electron chi connectivity index (χ4n) is 1.64. The third kappa shape index (κ3) is 3.92. The number of benzene rings is 2. The molecule has 1 amide bonds. The maximum absolute atomic E-state index is 13.4. The van der Waals surface area contributed by atoms with Gasteiger partial charge >= 0.3 is 0 Å². The SMILES string of the molecule is CC(Oc1cccc(Cl)c1)C(=O)Nc1c(F)cccc1F. The number of halogens is 3. The van der Waals surface area contributed by atoms with Crippen LogP contribution in [-0.4, -0.2) is 12.0 Å². The van der Waals surface area contributed by atoms with Crippen molar-refractivity contribution in [2.75, 3.05) is 5.32 Å². The van der Waals surface area contributed by atoms with Crippen molar-refractivity contribution in [2.45, 2.75) is 13.0 Å². The van der Waals surface area contributed by atoms with Crippen molar-refractivity contribution < 1.29 is 18.3 Å². The number of hydrogen-bond donors (Lipinski definition) is 1. The van der Waals surface area contributed by atoms with Gasteiger partial charge in [0.1, 0.15) is 23.1 Å². The normalized spacial score (nSPS) is 11.8. The molecule has 1 N–H and O–H groups in total. The van der Waals surface area contributed by atoms with Crippen LogP contribution in [0, 0.1) is 11.6 Å². The van der Waals surface area contributed by atoms with E-state index in [-0.39, 0.29) is 0 Å². The third-order valence-electron chi connectivity index (χ3n) is 2.69. The van der Waals surface area contributed by atoms with Crippen LogP contribution < -0.4 is 10.1 Å². The Hall–Kier alpha value is -2.14. The molecule has 0 radical (unpaired) electrons. The van der Waals surface area contributed by atoms with Crippen molar-refractivity contribution in [1.29, 1.82) is 0 Å². The first-order valence-electron chi connectivity index (χ1n) is 6.14. The van der Waals surface area contributed by atoms with Gasteiger partial charge in [-0.2, -0.15) is 0 Å². The van der Waals surface area contributed by atoms with Gasteiger partial charge in [0.15, 0.2) is 6.10 Å². The van der Waals surface area contributed by atoms with E-state index in [0.29, 0.717) is 10.8 Å². The molecule has 1 unspecified atom stereocenters. The first-order valence-corrected chi connectivity index (χ1v) is 6.52. The average molecular weight is 312 g/mol. The Bertz CT molecular complexity index is 644. The van der Waals surface area contributed by atoms with Crippen LogP contribution in [-0.2, 0) is 4.79 Å². The van der Waals surface area contributed by atoms with E-state index < -0.39 is 29.3 Å². The molecule has 6 heteroatoms. The van der Waals surface area contributed by atoms with Crippen LogP contribution in [0.15, 0.2) is 42.5 Å². The zero-order chi connectivity index (χ0) is 15.4. The summed E-state index contributed by atoms with van der Waals surface area (Å²) >= 11 is 5.80. The Kier molecular flexibility index (Phi) is 4.75. The van der Waals surface area contributed by atoms with Gasteiger partial charge in [0, 0.05) is 5.02 Å². The Morgan fingerprint density at radius 2 is 1.81 bits per heavy atom. The molecule has 2 aromatic carbocycles. The van der Waals surface area contributed by atoms with E-state index in [9.17, 15) is 13.6 Å². The van der Waals surface area contributed by atoms with Gasteiger partial charge in [0.2, 0.25) is 0 Å². The molecule has 0 aliphatic heterocycles. The second kappa shape index (κ2) is 6.54. The van der Waals surface area contributed by atoms with E-state index in [1.807, 2.05) is 0 Å². The summed E-state index contributed by atoms with van der Waals surface area (Å²) in [6.45, 7) is 1.47. The van der Waals surface area contributed by atoms with Crippen molar-refractivity contribution >= 4 is 23.2 Å². The molecule has 0 saturated heterocycles. The number of anilines is 1. The summed E-state index contributed by atoms with van der Waals surface area (Å²) in [4.78, 5) is 11.9. The molecule has 2 rings (SSSR count). The molecule has 0 spiro atoms. The highest BCUT2D eigenvalue weighted by molar-refractivity contribution is 6.30. The predicted octanol–water partition coefficient (Wildman–Crippen LogP) is 4.02. The molecule has 0 bridgehead atoms. The molecule has 0 aliphatic rings. The van der Waals surface area contributed by atoms with Crippen LogP contribution in [0.1, 0.15) is 6.92 Å². The first kappa shape index (κ1) is 15.3. The molecular weight excluding hydrogens is 300 g/mol. The summed E-state index contributed by atoms with van der Waals surface area (Å²) in [5.41, 5.74) is -0.496. The third-order valence-corrected chi connectivity index (χ3v) is 2.92. The highest BCUT2D eigenvalue weighted by Gasteiger charge is 2.18. The number of nitrogens with one attached hydrogen (secondary N) is 1. The summed E-state index contributed by atoms with van der Waals surface area (Å²) in [5, 5.41) is 2.62. The molecule has 0 aliphatic carbocycles. The number of amides is 1. The standard InChI is InChI=1S/C15H12ClF2NO2/c1-9(21-11-5-2-4-10(16)8-11)15(20)19-14-12(17)6-3-7-13(14)18/h2-9H,1H3,(H,19,20). The molecule has 0 heterocycles. The van der Waals surface area contributed by atoms with E-state index in [2.05, 4.69) is 5.32 Å². The maximum atomic E-state index is 13.4. The largest absolute Gasteiger partial charge is 0.481 e.